The smallest absolute Gasteiger partial charge is 0.0244 e. The number of allylic oxidation sites excluding steroid dienone is 5. The molecule has 0 saturated carbocycles. The maximum absolute atomic E-state index is 2.22. The van der Waals surface area contributed by atoms with Gasteiger partial charge in [0.15, 0.2) is 0 Å². The van der Waals surface area contributed by atoms with E-state index >= 15 is 0 Å². The summed E-state index contributed by atoms with van der Waals surface area (Å²) in [4.78, 5) is 0. The highest BCUT2D eigenvalue weighted by atomic mass is 14.0. The molecule has 0 aromatic heterocycles. The highest BCUT2D eigenvalue weighted by molar-refractivity contribution is 5.53. The molecular weight excluding hydrogens is 180 g/mol. The van der Waals surface area contributed by atoms with Gasteiger partial charge in [-0.2, -0.15) is 0 Å². The van der Waals surface area contributed by atoms with Crippen molar-refractivity contribution in [2.75, 3.05) is 0 Å². The molecule has 0 fully saturated rings. The minimum Gasteiger partial charge on any atom is -0.0842 e. The topological polar surface area (TPSA) is 0 Å². The zero-order chi connectivity index (χ0) is 10.5. The van der Waals surface area contributed by atoms with Crippen molar-refractivity contribution in [2.45, 2.75) is 19.8 Å². The molecule has 0 bridgehead atoms. The van der Waals surface area contributed by atoms with Crippen molar-refractivity contribution in [3.8, 4) is 0 Å². The first-order valence-electron chi connectivity index (χ1n) is 5.45. The molecule has 1 aliphatic rings. The first-order valence-corrected chi connectivity index (χ1v) is 5.45. The molecule has 0 nitrogen and oxygen atoms in total. The van der Waals surface area contributed by atoms with Crippen molar-refractivity contribution >= 4 is 6.08 Å². The fourth-order valence-electron chi connectivity index (χ4n) is 1.64. The summed E-state index contributed by atoms with van der Waals surface area (Å²) in [5, 5.41) is 0. The molecule has 1 aromatic rings. The summed E-state index contributed by atoms with van der Waals surface area (Å²) in [5.74, 6) is 0. The van der Waals surface area contributed by atoms with Crippen LogP contribution in [0.15, 0.2) is 54.1 Å². The third-order valence-electron chi connectivity index (χ3n) is 2.61. The van der Waals surface area contributed by atoms with Crippen LogP contribution in [0.5, 0.6) is 0 Å². The molecule has 1 aliphatic carbocycles. The summed E-state index contributed by atoms with van der Waals surface area (Å²) in [6.45, 7) is 2.11. The molecule has 0 N–H and O–H groups in total. The predicted octanol–water partition coefficient (Wildman–Crippen LogP) is 4.28. The maximum atomic E-state index is 2.22. The fourth-order valence-corrected chi connectivity index (χ4v) is 1.64. The zero-order valence-electron chi connectivity index (χ0n) is 9.11. The zero-order valence-corrected chi connectivity index (χ0v) is 9.11. The van der Waals surface area contributed by atoms with Gasteiger partial charge in [0.05, 0.1) is 0 Å². The van der Waals surface area contributed by atoms with Gasteiger partial charge < -0.3 is 0 Å². The highest BCUT2D eigenvalue weighted by Crippen LogP contribution is 2.14. The third kappa shape index (κ3) is 2.95. The van der Waals surface area contributed by atoms with E-state index in [2.05, 4.69) is 61.6 Å². The molecule has 0 aliphatic heterocycles. The molecule has 0 heterocycles. The van der Waals surface area contributed by atoms with Crippen molar-refractivity contribution in [2.24, 2.45) is 0 Å². The van der Waals surface area contributed by atoms with Gasteiger partial charge in [0.2, 0.25) is 0 Å². The van der Waals surface area contributed by atoms with Crippen LogP contribution >= 0.6 is 0 Å². The Morgan fingerprint density at radius 3 is 2.53 bits per heavy atom. The molecule has 76 valence electrons. The van der Waals surface area contributed by atoms with Crippen molar-refractivity contribution < 1.29 is 0 Å². The monoisotopic (exact) mass is 196 g/mol. The van der Waals surface area contributed by atoms with Gasteiger partial charge in [-0.05, 0) is 30.9 Å². The molecule has 2 rings (SSSR count). The third-order valence-corrected chi connectivity index (χ3v) is 2.61. The van der Waals surface area contributed by atoms with E-state index in [1.54, 1.807) is 0 Å². The van der Waals surface area contributed by atoms with Crippen LogP contribution in [0.1, 0.15) is 24.0 Å². The Labute approximate surface area is 91.6 Å². The number of benzene rings is 1. The van der Waals surface area contributed by atoms with Crippen molar-refractivity contribution in [1.82, 2.24) is 0 Å². The Hall–Kier alpha value is -1.56. The Bertz CT molecular complexity index is 402. The maximum Gasteiger partial charge on any atom is -0.0244 e. The largest absolute Gasteiger partial charge is 0.0842 e. The van der Waals surface area contributed by atoms with E-state index in [1.165, 1.54) is 29.5 Å². The van der Waals surface area contributed by atoms with Crippen LogP contribution in [0.4, 0.5) is 0 Å². The summed E-state index contributed by atoms with van der Waals surface area (Å²) >= 11 is 0. The SMILES string of the molecule is Cc1ccc(C=CC2=CC=CCC2)cc1. The number of rotatable bonds is 2. The van der Waals surface area contributed by atoms with Gasteiger partial charge in [-0.25, -0.2) is 0 Å². The van der Waals surface area contributed by atoms with Crippen LogP contribution in [0.2, 0.25) is 0 Å². The second-order valence-electron chi connectivity index (χ2n) is 3.95. The van der Waals surface area contributed by atoms with Gasteiger partial charge in [-0.3, -0.25) is 0 Å². The first kappa shape index (κ1) is 9.97. The molecule has 0 spiro atoms. The first-order chi connectivity index (χ1) is 7.34. The number of aryl methyl sites for hydroxylation is 1. The Balaban J connectivity index is 2.07. The average Bonchev–Trinajstić information content (AvgIpc) is 2.30. The summed E-state index contributed by atoms with van der Waals surface area (Å²) in [7, 11) is 0. The van der Waals surface area contributed by atoms with E-state index in [-0.39, 0.29) is 0 Å². The molecule has 0 heteroatoms. The van der Waals surface area contributed by atoms with E-state index in [0.29, 0.717) is 0 Å². The molecule has 0 saturated heterocycles. The van der Waals surface area contributed by atoms with E-state index < -0.39 is 0 Å². The van der Waals surface area contributed by atoms with Crippen molar-refractivity contribution in [3.05, 3.63) is 65.3 Å². The lowest BCUT2D eigenvalue weighted by molar-refractivity contribution is 0.992. The molecular formula is C15H16. The summed E-state index contributed by atoms with van der Waals surface area (Å²) in [6, 6.07) is 8.61. The minimum atomic E-state index is 1.17. The van der Waals surface area contributed by atoms with Crippen LogP contribution in [0, 0.1) is 6.92 Å². The molecule has 0 unspecified atom stereocenters. The van der Waals surface area contributed by atoms with Crippen LogP contribution in [-0.2, 0) is 0 Å². The second-order valence-corrected chi connectivity index (χ2v) is 3.95. The fraction of sp³-hybridized carbons (Fsp3) is 0.200. The van der Waals surface area contributed by atoms with Gasteiger partial charge in [0.1, 0.15) is 0 Å². The van der Waals surface area contributed by atoms with E-state index in [1.807, 2.05) is 0 Å². The van der Waals surface area contributed by atoms with E-state index in [4.69, 9.17) is 0 Å². The van der Waals surface area contributed by atoms with Gasteiger partial charge in [0, 0.05) is 0 Å². The molecule has 0 atom stereocenters. The van der Waals surface area contributed by atoms with Gasteiger partial charge >= 0.3 is 0 Å². The molecule has 0 amide bonds. The summed E-state index contributed by atoms with van der Waals surface area (Å²) in [5.41, 5.74) is 4.00. The van der Waals surface area contributed by atoms with Gasteiger partial charge in [-0.1, -0.05) is 60.2 Å². The molecule has 0 radical (unpaired) electrons. The summed E-state index contributed by atoms with van der Waals surface area (Å²) < 4.78 is 0. The van der Waals surface area contributed by atoms with Crippen LogP contribution in [-0.4, -0.2) is 0 Å². The highest BCUT2D eigenvalue weighted by Gasteiger charge is 1.94. The standard InChI is InChI=1S/C15H16/c1-13-7-9-15(10-8-13)12-11-14-5-3-2-4-6-14/h2-3,5,7-12H,4,6H2,1H3. The number of hydrogen-bond acceptors (Lipinski definition) is 0. The van der Waals surface area contributed by atoms with Gasteiger partial charge in [0.25, 0.3) is 0 Å². The molecule has 1 aromatic carbocycles. The normalized spacial score (nSPS) is 15.7. The van der Waals surface area contributed by atoms with Crippen LogP contribution < -0.4 is 0 Å². The minimum absolute atomic E-state index is 1.17. The van der Waals surface area contributed by atoms with Crippen LogP contribution in [0.25, 0.3) is 6.08 Å². The van der Waals surface area contributed by atoms with E-state index in [0.717, 1.165) is 0 Å². The summed E-state index contributed by atoms with van der Waals surface area (Å²) in [6.07, 6.45) is 13.3. The lowest BCUT2D eigenvalue weighted by Gasteiger charge is -2.02. The Morgan fingerprint density at radius 2 is 1.87 bits per heavy atom. The lowest BCUT2D eigenvalue weighted by atomic mass is 10.0. The number of hydrogen-bond donors (Lipinski definition) is 0. The Kier molecular flexibility index (Phi) is 3.18. The van der Waals surface area contributed by atoms with Crippen LogP contribution in [0.3, 0.4) is 0 Å². The Morgan fingerprint density at radius 1 is 1.07 bits per heavy atom. The lowest BCUT2D eigenvalue weighted by Crippen LogP contribution is -1.82. The van der Waals surface area contributed by atoms with Crippen molar-refractivity contribution in [3.63, 3.8) is 0 Å². The molecule has 15 heavy (non-hydrogen) atoms. The predicted molar refractivity (Wildman–Crippen MR) is 66.7 cm³/mol. The van der Waals surface area contributed by atoms with Crippen molar-refractivity contribution in [1.29, 1.82) is 0 Å². The van der Waals surface area contributed by atoms with E-state index in [9.17, 15) is 0 Å². The second kappa shape index (κ2) is 4.79. The quantitative estimate of drug-likeness (QED) is 0.662. The van der Waals surface area contributed by atoms with Gasteiger partial charge in [-0.15, -0.1) is 0 Å². The average molecular weight is 196 g/mol.